The number of nitriles is 1. The van der Waals surface area contributed by atoms with Gasteiger partial charge in [-0.05, 0) is 59.0 Å². The SMILES string of the molecule is N#Cc1ccc(Br)cc1NC(=O)c1ccc(I)c(O)c1. The number of anilines is 1. The van der Waals surface area contributed by atoms with E-state index >= 15 is 0 Å². The maximum Gasteiger partial charge on any atom is 0.255 e. The summed E-state index contributed by atoms with van der Waals surface area (Å²) in [6.07, 6.45) is 0. The minimum Gasteiger partial charge on any atom is -0.507 e. The summed E-state index contributed by atoms with van der Waals surface area (Å²) < 4.78 is 1.43. The van der Waals surface area contributed by atoms with Gasteiger partial charge >= 0.3 is 0 Å². The number of phenolic OH excluding ortho intramolecular Hbond substituents is 1. The number of rotatable bonds is 2. The molecule has 2 aromatic rings. The lowest BCUT2D eigenvalue weighted by atomic mass is 10.1. The number of hydrogen-bond acceptors (Lipinski definition) is 3. The van der Waals surface area contributed by atoms with Gasteiger partial charge in [-0.3, -0.25) is 4.79 Å². The molecule has 0 spiro atoms. The van der Waals surface area contributed by atoms with Gasteiger partial charge < -0.3 is 10.4 Å². The van der Waals surface area contributed by atoms with Gasteiger partial charge in [0.05, 0.1) is 14.8 Å². The van der Waals surface area contributed by atoms with Gasteiger partial charge in [-0.2, -0.15) is 5.26 Å². The molecule has 0 heterocycles. The fourth-order valence-electron chi connectivity index (χ4n) is 1.57. The summed E-state index contributed by atoms with van der Waals surface area (Å²) in [7, 11) is 0. The molecule has 100 valence electrons. The Hall–Kier alpha value is -1.59. The van der Waals surface area contributed by atoms with Gasteiger partial charge in [0.1, 0.15) is 11.8 Å². The third kappa shape index (κ3) is 3.29. The standard InChI is InChI=1S/C14H8BrIN2O2/c15-10-3-1-9(7-17)12(6-10)18-14(20)8-2-4-11(16)13(19)5-8/h1-6,19H,(H,18,20). The van der Waals surface area contributed by atoms with Crippen LogP contribution in [0.4, 0.5) is 5.69 Å². The number of nitrogens with one attached hydrogen (secondary N) is 1. The predicted molar refractivity (Wildman–Crippen MR) is 87.6 cm³/mol. The topological polar surface area (TPSA) is 73.1 Å². The average Bonchev–Trinajstić information content (AvgIpc) is 2.42. The van der Waals surface area contributed by atoms with Crippen LogP contribution in [0, 0.1) is 14.9 Å². The Morgan fingerprint density at radius 1 is 1.30 bits per heavy atom. The molecule has 0 aliphatic carbocycles. The van der Waals surface area contributed by atoms with Crippen LogP contribution in [0.2, 0.25) is 0 Å². The Morgan fingerprint density at radius 2 is 2.05 bits per heavy atom. The van der Waals surface area contributed by atoms with Crippen LogP contribution in [0.3, 0.4) is 0 Å². The van der Waals surface area contributed by atoms with E-state index in [4.69, 9.17) is 5.26 Å². The summed E-state index contributed by atoms with van der Waals surface area (Å²) >= 11 is 5.26. The molecule has 0 aliphatic heterocycles. The van der Waals surface area contributed by atoms with Gasteiger partial charge in [0.2, 0.25) is 0 Å². The zero-order chi connectivity index (χ0) is 14.7. The van der Waals surface area contributed by atoms with Crippen molar-refractivity contribution in [2.24, 2.45) is 0 Å². The Balaban J connectivity index is 2.30. The van der Waals surface area contributed by atoms with Crippen LogP contribution in [0.25, 0.3) is 0 Å². The molecule has 0 atom stereocenters. The summed E-state index contributed by atoms with van der Waals surface area (Å²) in [6.45, 7) is 0. The van der Waals surface area contributed by atoms with E-state index in [1.807, 2.05) is 28.7 Å². The molecule has 0 unspecified atom stereocenters. The molecule has 4 nitrogen and oxygen atoms in total. The quantitative estimate of drug-likeness (QED) is 0.693. The maximum absolute atomic E-state index is 12.1. The van der Waals surface area contributed by atoms with Crippen molar-refractivity contribution in [3.63, 3.8) is 0 Å². The fraction of sp³-hybridized carbons (Fsp3) is 0. The monoisotopic (exact) mass is 442 g/mol. The Kier molecular flexibility index (Phi) is 4.62. The zero-order valence-electron chi connectivity index (χ0n) is 10.0. The van der Waals surface area contributed by atoms with Crippen molar-refractivity contribution in [3.8, 4) is 11.8 Å². The molecule has 0 radical (unpaired) electrons. The largest absolute Gasteiger partial charge is 0.507 e. The molecular weight excluding hydrogens is 435 g/mol. The van der Waals surface area contributed by atoms with Gasteiger partial charge in [0.25, 0.3) is 5.91 Å². The highest BCUT2D eigenvalue weighted by molar-refractivity contribution is 14.1. The molecule has 0 aliphatic rings. The molecule has 0 aromatic heterocycles. The van der Waals surface area contributed by atoms with Gasteiger partial charge in [-0.25, -0.2) is 0 Å². The fourth-order valence-corrected chi connectivity index (χ4v) is 2.26. The van der Waals surface area contributed by atoms with Gasteiger partial charge in [-0.1, -0.05) is 15.9 Å². The van der Waals surface area contributed by atoms with Crippen LogP contribution in [0.1, 0.15) is 15.9 Å². The van der Waals surface area contributed by atoms with Gasteiger partial charge in [0.15, 0.2) is 0 Å². The molecule has 0 fully saturated rings. The van der Waals surface area contributed by atoms with Gasteiger partial charge in [-0.15, -0.1) is 0 Å². The summed E-state index contributed by atoms with van der Waals surface area (Å²) in [6, 6.07) is 11.7. The minimum atomic E-state index is -0.383. The molecule has 1 amide bonds. The lowest BCUT2D eigenvalue weighted by Gasteiger charge is -2.08. The summed E-state index contributed by atoms with van der Waals surface area (Å²) in [4.78, 5) is 12.1. The number of halogens is 2. The molecule has 20 heavy (non-hydrogen) atoms. The number of nitrogens with zero attached hydrogens (tertiary/aromatic N) is 1. The number of benzene rings is 2. The number of hydrogen-bond donors (Lipinski definition) is 2. The second-order valence-electron chi connectivity index (χ2n) is 3.92. The smallest absolute Gasteiger partial charge is 0.255 e. The molecule has 2 aromatic carbocycles. The van der Waals surface area contributed by atoms with Crippen LogP contribution in [0.5, 0.6) is 5.75 Å². The van der Waals surface area contributed by atoms with E-state index in [1.165, 1.54) is 6.07 Å². The number of carbonyl (C=O) groups excluding carboxylic acids is 1. The number of phenols is 1. The third-order valence-corrected chi connectivity index (χ3v) is 3.96. The van der Waals surface area contributed by atoms with Crippen molar-refractivity contribution in [1.82, 2.24) is 0 Å². The lowest BCUT2D eigenvalue weighted by Crippen LogP contribution is -2.12. The van der Waals surface area contributed by atoms with E-state index in [-0.39, 0.29) is 11.7 Å². The number of amides is 1. The molecule has 0 saturated carbocycles. The van der Waals surface area contributed by atoms with E-state index in [1.54, 1.807) is 30.3 Å². The summed E-state index contributed by atoms with van der Waals surface area (Å²) in [5, 5.41) is 21.3. The van der Waals surface area contributed by atoms with Crippen LogP contribution < -0.4 is 5.32 Å². The zero-order valence-corrected chi connectivity index (χ0v) is 13.8. The molecule has 0 bridgehead atoms. The lowest BCUT2D eigenvalue weighted by molar-refractivity contribution is 0.102. The van der Waals surface area contributed by atoms with E-state index < -0.39 is 0 Å². The average molecular weight is 443 g/mol. The number of carbonyl (C=O) groups is 1. The van der Waals surface area contributed by atoms with Crippen LogP contribution >= 0.6 is 38.5 Å². The normalized spacial score (nSPS) is 9.85. The first kappa shape index (κ1) is 14.8. The first-order chi connectivity index (χ1) is 9.51. The van der Waals surface area contributed by atoms with E-state index in [0.29, 0.717) is 20.4 Å². The Morgan fingerprint density at radius 3 is 2.70 bits per heavy atom. The van der Waals surface area contributed by atoms with E-state index in [0.717, 1.165) is 4.47 Å². The van der Waals surface area contributed by atoms with Crippen molar-refractivity contribution < 1.29 is 9.90 Å². The predicted octanol–water partition coefficient (Wildman–Crippen LogP) is 3.88. The Labute approximate surface area is 137 Å². The molecule has 2 rings (SSSR count). The maximum atomic E-state index is 12.1. The molecule has 0 saturated heterocycles. The number of aromatic hydroxyl groups is 1. The highest BCUT2D eigenvalue weighted by Gasteiger charge is 2.11. The first-order valence-electron chi connectivity index (χ1n) is 5.51. The Bertz CT molecular complexity index is 726. The first-order valence-corrected chi connectivity index (χ1v) is 7.38. The van der Waals surface area contributed by atoms with Crippen LogP contribution in [0.15, 0.2) is 40.9 Å². The van der Waals surface area contributed by atoms with Crippen LogP contribution in [-0.4, -0.2) is 11.0 Å². The van der Waals surface area contributed by atoms with Gasteiger partial charge in [0, 0.05) is 10.0 Å². The third-order valence-electron chi connectivity index (χ3n) is 2.56. The summed E-state index contributed by atoms with van der Waals surface area (Å²) in [5.74, 6) is -0.334. The molecule has 2 N–H and O–H groups in total. The van der Waals surface area contributed by atoms with Crippen molar-refractivity contribution in [2.45, 2.75) is 0 Å². The molecule has 6 heteroatoms. The van der Waals surface area contributed by atoms with Crippen molar-refractivity contribution in [2.75, 3.05) is 5.32 Å². The van der Waals surface area contributed by atoms with E-state index in [2.05, 4.69) is 21.2 Å². The minimum absolute atomic E-state index is 0.0491. The summed E-state index contributed by atoms with van der Waals surface area (Å²) in [5.41, 5.74) is 1.12. The molecular formula is C14H8BrIN2O2. The van der Waals surface area contributed by atoms with Crippen LogP contribution in [-0.2, 0) is 0 Å². The van der Waals surface area contributed by atoms with Crippen molar-refractivity contribution >= 4 is 50.1 Å². The van der Waals surface area contributed by atoms with Crippen molar-refractivity contribution in [1.29, 1.82) is 5.26 Å². The highest BCUT2D eigenvalue weighted by atomic mass is 127. The van der Waals surface area contributed by atoms with E-state index in [9.17, 15) is 9.90 Å². The highest BCUT2D eigenvalue weighted by Crippen LogP contribution is 2.23. The second kappa shape index (κ2) is 6.24. The second-order valence-corrected chi connectivity index (χ2v) is 6.00. The van der Waals surface area contributed by atoms with Crippen molar-refractivity contribution in [3.05, 3.63) is 55.6 Å².